The van der Waals surface area contributed by atoms with Crippen LogP contribution in [0.25, 0.3) is 6.08 Å². The minimum absolute atomic E-state index is 0.171. The number of halogens is 3. The molecule has 1 N–H and O–H groups in total. The Morgan fingerprint density at radius 1 is 1.00 bits per heavy atom. The Morgan fingerprint density at radius 3 is 2.43 bits per heavy atom. The number of barbiturate groups is 1. The number of methoxy groups -OCH3 is 1. The van der Waals surface area contributed by atoms with Crippen LogP contribution < -0.4 is 19.7 Å². The van der Waals surface area contributed by atoms with Crippen molar-refractivity contribution in [3.05, 3.63) is 91.3 Å². The molecule has 1 saturated heterocycles. The SMILES string of the molecule is COc1cc(/C=C2\C(=O)NC(=O)N(c3ccccc3Cl)C2=O)cc(Br)c1OCc1ccccc1Br. The van der Waals surface area contributed by atoms with Gasteiger partial charge in [0.1, 0.15) is 12.2 Å². The highest BCUT2D eigenvalue weighted by molar-refractivity contribution is 9.10. The van der Waals surface area contributed by atoms with E-state index in [0.29, 0.717) is 21.5 Å². The van der Waals surface area contributed by atoms with Crippen molar-refractivity contribution in [2.24, 2.45) is 0 Å². The zero-order valence-electron chi connectivity index (χ0n) is 18.2. The zero-order chi connectivity index (χ0) is 25.1. The van der Waals surface area contributed by atoms with E-state index in [1.54, 1.807) is 30.3 Å². The van der Waals surface area contributed by atoms with Crippen LogP contribution in [0.2, 0.25) is 5.02 Å². The van der Waals surface area contributed by atoms with E-state index in [4.69, 9.17) is 21.1 Å². The van der Waals surface area contributed by atoms with Crippen LogP contribution in [0.1, 0.15) is 11.1 Å². The lowest BCUT2D eigenvalue weighted by Crippen LogP contribution is -2.54. The fourth-order valence-electron chi connectivity index (χ4n) is 3.40. The van der Waals surface area contributed by atoms with Crippen molar-refractivity contribution in [2.45, 2.75) is 6.61 Å². The lowest BCUT2D eigenvalue weighted by molar-refractivity contribution is -0.122. The van der Waals surface area contributed by atoms with Crippen molar-refractivity contribution in [3.63, 3.8) is 0 Å². The number of nitrogens with zero attached hydrogens (tertiary/aromatic N) is 1. The molecule has 35 heavy (non-hydrogen) atoms. The number of imide groups is 2. The van der Waals surface area contributed by atoms with E-state index in [1.165, 1.54) is 19.3 Å². The first-order valence-electron chi connectivity index (χ1n) is 10.2. The molecule has 4 rings (SSSR count). The maximum Gasteiger partial charge on any atom is 0.335 e. The fourth-order valence-corrected chi connectivity index (χ4v) is 4.60. The van der Waals surface area contributed by atoms with Gasteiger partial charge in [-0.15, -0.1) is 0 Å². The number of para-hydroxylation sites is 1. The number of hydrogen-bond donors (Lipinski definition) is 1. The second-order valence-electron chi connectivity index (χ2n) is 7.32. The lowest BCUT2D eigenvalue weighted by Gasteiger charge is -2.27. The Kier molecular flexibility index (Phi) is 7.59. The van der Waals surface area contributed by atoms with Crippen LogP contribution in [0.5, 0.6) is 11.5 Å². The molecule has 0 spiro atoms. The van der Waals surface area contributed by atoms with Gasteiger partial charge >= 0.3 is 6.03 Å². The third-order valence-electron chi connectivity index (χ3n) is 5.09. The maximum absolute atomic E-state index is 13.1. The van der Waals surface area contributed by atoms with Crippen LogP contribution >= 0.6 is 43.5 Å². The highest BCUT2D eigenvalue weighted by Gasteiger charge is 2.37. The first-order valence-corrected chi connectivity index (χ1v) is 12.2. The molecule has 3 aromatic rings. The van der Waals surface area contributed by atoms with E-state index in [1.807, 2.05) is 24.3 Å². The molecule has 0 aromatic heterocycles. The third kappa shape index (κ3) is 5.27. The summed E-state index contributed by atoms with van der Waals surface area (Å²) in [4.78, 5) is 38.9. The number of urea groups is 1. The molecular formula is C25H17Br2ClN2O5. The van der Waals surface area contributed by atoms with Crippen molar-refractivity contribution in [1.82, 2.24) is 5.32 Å². The van der Waals surface area contributed by atoms with Gasteiger partial charge in [-0.2, -0.15) is 0 Å². The van der Waals surface area contributed by atoms with E-state index in [-0.39, 0.29) is 22.9 Å². The number of nitrogens with one attached hydrogen (secondary N) is 1. The molecule has 3 aromatic carbocycles. The minimum Gasteiger partial charge on any atom is -0.493 e. The van der Waals surface area contributed by atoms with Crippen molar-refractivity contribution in [3.8, 4) is 11.5 Å². The van der Waals surface area contributed by atoms with E-state index in [2.05, 4.69) is 37.2 Å². The molecule has 0 radical (unpaired) electrons. The Morgan fingerprint density at radius 2 is 1.71 bits per heavy atom. The van der Waals surface area contributed by atoms with Crippen LogP contribution in [-0.4, -0.2) is 25.0 Å². The minimum atomic E-state index is -0.875. The quantitative estimate of drug-likeness (QED) is 0.265. The number of hydrogen-bond acceptors (Lipinski definition) is 5. The van der Waals surface area contributed by atoms with Gasteiger partial charge < -0.3 is 9.47 Å². The summed E-state index contributed by atoms with van der Waals surface area (Å²) in [6.07, 6.45) is 1.37. The second-order valence-corrected chi connectivity index (χ2v) is 9.44. The van der Waals surface area contributed by atoms with Gasteiger partial charge in [0, 0.05) is 10.0 Å². The molecule has 4 amide bonds. The number of carbonyl (C=O) groups is 3. The summed E-state index contributed by atoms with van der Waals surface area (Å²) in [7, 11) is 1.49. The second kappa shape index (κ2) is 10.6. The van der Waals surface area contributed by atoms with Gasteiger partial charge in [0.15, 0.2) is 11.5 Å². The molecule has 0 bridgehead atoms. The molecule has 0 unspecified atom stereocenters. The number of anilines is 1. The molecule has 1 fully saturated rings. The Balaban J connectivity index is 1.66. The van der Waals surface area contributed by atoms with Crippen molar-refractivity contribution in [1.29, 1.82) is 0 Å². The van der Waals surface area contributed by atoms with Gasteiger partial charge in [0.25, 0.3) is 11.8 Å². The van der Waals surface area contributed by atoms with Crippen LogP contribution in [0, 0.1) is 0 Å². The first-order chi connectivity index (χ1) is 16.8. The van der Waals surface area contributed by atoms with Gasteiger partial charge in [-0.25, -0.2) is 9.69 Å². The predicted molar refractivity (Wildman–Crippen MR) is 140 cm³/mol. The molecule has 1 heterocycles. The van der Waals surface area contributed by atoms with E-state index in [0.717, 1.165) is 14.9 Å². The largest absolute Gasteiger partial charge is 0.493 e. The van der Waals surface area contributed by atoms with Crippen molar-refractivity contribution in [2.75, 3.05) is 12.0 Å². The average molecular weight is 621 g/mol. The molecule has 0 aliphatic carbocycles. The summed E-state index contributed by atoms with van der Waals surface area (Å²) in [5.74, 6) is -0.762. The van der Waals surface area contributed by atoms with Gasteiger partial charge in [-0.3, -0.25) is 14.9 Å². The summed E-state index contributed by atoms with van der Waals surface area (Å²) >= 11 is 13.2. The zero-order valence-corrected chi connectivity index (χ0v) is 22.1. The highest BCUT2D eigenvalue weighted by Crippen LogP contribution is 2.38. The van der Waals surface area contributed by atoms with Crippen LogP contribution in [0.4, 0.5) is 10.5 Å². The summed E-state index contributed by atoms with van der Waals surface area (Å²) in [6, 6.07) is 16.5. The van der Waals surface area contributed by atoms with Crippen LogP contribution in [-0.2, 0) is 16.2 Å². The molecule has 10 heteroatoms. The summed E-state index contributed by atoms with van der Waals surface area (Å²) < 4.78 is 12.9. The first kappa shape index (κ1) is 25.0. The molecular weight excluding hydrogens is 604 g/mol. The monoisotopic (exact) mass is 618 g/mol. The average Bonchev–Trinajstić information content (AvgIpc) is 2.83. The molecule has 0 atom stereocenters. The van der Waals surface area contributed by atoms with Gasteiger partial charge in [0.2, 0.25) is 0 Å². The smallest absolute Gasteiger partial charge is 0.335 e. The number of amides is 4. The molecule has 7 nitrogen and oxygen atoms in total. The van der Waals surface area contributed by atoms with Crippen LogP contribution in [0.15, 0.2) is 75.2 Å². The van der Waals surface area contributed by atoms with E-state index < -0.39 is 17.8 Å². The lowest BCUT2D eigenvalue weighted by atomic mass is 10.1. The Bertz CT molecular complexity index is 1380. The Labute approximate surface area is 222 Å². The van der Waals surface area contributed by atoms with Gasteiger partial charge in [-0.1, -0.05) is 57.9 Å². The summed E-state index contributed by atoms with van der Waals surface area (Å²) in [6.45, 7) is 0.284. The summed E-state index contributed by atoms with van der Waals surface area (Å²) in [5, 5.41) is 2.38. The Hall–Kier alpha value is -3.14. The number of rotatable bonds is 6. The number of ether oxygens (including phenoxy) is 2. The topological polar surface area (TPSA) is 84.9 Å². The third-order valence-corrected chi connectivity index (χ3v) is 6.77. The van der Waals surface area contributed by atoms with Crippen molar-refractivity contribution < 1.29 is 23.9 Å². The molecule has 1 aliphatic rings. The number of carbonyl (C=O) groups excluding carboxylic acids is 3. The van der Waals surface area contributed by atoms with Gasteiger partial charge in [-0.05, 0) is 57.9 Å². The van der Waals surface area contributed by atoms with E-state index in [9.17, 15) is 14.4 Å². The summed E-state index contributed by atoms with van der Waals surface area (Å²) in [5.41, 5.74) is 1.36. The molecule has 1 aliphatic heterocycles. The van der Waals surface area contributed by atoms with E-state index >= 15 is 0 Å². The normalized spacial score (nSPS) is 14.8. The van der Waals surface area contributed by atoms with Crippen LogP contribution in [0.3, 0.4) is 0 Å². The van der Waals surface area contributed by atoms with Crippen molar-refractivity contribution >= 4 is 73.1 Å². The molecule has 178 valence electrons. The predicted octanol–water partition coefficient (Wildman–Crippen LogP) is 6.12. The maximum atomic E-state index is 13.1. The standard InChI is InChI=1S/C25H17Br2ClN2O5/c1-34-21-12-14(11-18(27)22(21)35-13-15-6-2-3-7-17(15)26)10-16-23(31)29-25(33)30(24(16)32)20-9-5-4-8-19(20)28/h2-12H,13H2,1H3,(H,29,31,33)/b16-10+. The van der Waals surface area contributed by atoms with Gasteiger partial charge in [0.05, 0.1) is 22.3 Å². The highest BCUT2D eigenvalue weighted by atomic mass is 79.9. The fraction of sp³-hybridized carbons (Fsp3) is 0.0800. The molecule has 0 saturated carbocycles. The number of benzene rings is 3.